The van der Waals surface area contributed by atoms with Gasteiger partial charge in [-0.1, -0.05) is 12.1 Å². The number of aromatic nitrogens is 1. The van der Waals surface area contributed by atoms with E-state index in [1.807, 2.05) is 0 Å². The Bertz CT molecular complexity index is 710. The Morgan fingerprint density at radius 1 is 1.24 bits per heavy atom. The van der Waals surface area contributed by atoms with E-state index in [1.165, 1.54) is 22.3 Å². The predicted molar refractivity (Wildman–Crippen MR) is 110 cm³/mol. The SMILES string of the molecule is CCN(CCO)c1ccc(/C=C(\C)c2cc[n+](CCS)cc2)c(C)c1. The molecule has 0 amide bonds. The summed E-state index contributed by atoms with van der Waals surface area (Å²) < 4.78 is 2.14. The molecule has 0 saturated carbocycles. The van der Waals surface area contributed by atoms with Crippen LogP contribution >= 0.6 is 12.6 Å². The molecule has 0 spiro atoms. The Kier molecular flexibility index (Phi) is 7.53. The van der Waals surface area contributed by atoms with Gasteiger partial charge in [0.1, 0.15) is 0 Å². The first-order chi connectivity index (χ1) is 12.1. The van der Waals surface area contributed by atoms with Crippen molar-refractivity contribution < 1.29 is 9.67 Å². The largest absolute Gasteiger partial charge is 0.395 e. The monoisotopic (exact) mass is 357 g/mol. The van der Waals surface area contributed by atoms with Crippen LogP contribution in [0.1, 0.15) is 30.5 Å². The molecule has 0 atom stereocenters. The maximum absolute atomic E-state index is 9.19. The fraction of sp³-hybridized carbons (Fsp3) is 0.381. The third kappa shape index (κ3) is 5.35. The average Bonchev–Trinajstić information content (AvgIpc) is 2.62. The zero-order valence-electron chi connectivity index (χ0n) is 15.4. The van der Waals surface area contributed by atoms with E-state index in [4.69, 9.17) is 0 Å². The second-order valence-corrected chi connectivity index (χ2v) is 6.67. The molecule has 0 bridgehead atoms. The molecule has 0 aliphatic carbocycles. The van der Waals surface area contributed by atoms with Gasteiger partial charge in [-0.15, -0.1) is 0 Å². The minimum Gasteiger partial charge on any atom is -0.395 e. The van der Waals surface area contributed by atoms with E-state index in [0.29, 0.717) is 6.54 Å². The molecule has 1 heterocycles. The molecular weight excluding hydrogens is 328 g/mol. The number of rotatable bonds is 8. The number of thiol groups is 1. The van der Waals surface area contributed by atoms with Gasteiger partial charge in [-0.25, -0.2) is 4.57 Å². The minimum absolute atomic E-state index is 0.175. The van der Waals surface area contributed by atoms with Crippen molar-refractivity contribution >= 4 is 30.0 Å². The second-order valence-electron chi connectivity index (χ2n) is 6.22. The van der Waals surface area contributed by atoms with Gasteiger partial charge in [0.2, 0.25) is 0 Å². The first-order valence-corrected chi connectivity index (χ1v) is 9.47. The summed E-state index contributed by atoms with van der Waals surface area (Å²) in [7, 11) is 0. The molecule has 0 saturated heterocycles. The summed E-state index contributed by atoms with van der Waals surface area (Å²) in [5, 5.41) is 9.19. The van der Waals surface area contributed by atoms with Crippen molar-refractivity contribution in [1.82, 2.24) is 0 Å². The number of benzene rings is 1. The normalized spacial score (nSPS) is 11.6. The van der Waals surface area contributed by atoms with Crippen LogP contribution in [0.15, 0.2) is 42.7 Å². The Morgan fingerprint density at radius 3 is 2.52 bits per heavy atom. The summed E-state index contributed by atoms with van der Waals surface area (Å²) in [4.78, 5) is 2.19. The lowest BCUT2D eigenvalue weighted by Gasteiger charge is -2.22. The van der Waals surface area contributed by atoms with E-state index >= 15 is 0 Å². The van der Waals surface area contributed by atoms with Crippen molar-refractivity contribution in [3.8, 4) is 0 Å². The molecule has 1 aromatic heterocycles. The Labute approximate surface area is 157 Å². The number of allylic oxidation sites excluding steroid dienone is 1. The number of pyridine rings is 1. The van der Waals surface area contributed by atoms with E-state index in [1.54, 1.807) is 0 Å². The Hall–Kier alpha value is -1.78. The standard InChI is InChI=1S/C21H28N2OS/c1-4-23(11-13-24)21-6-5-20(18(3)16-21)15-17(2)19-7-9-22(10-8-19)12-14-25/h5-10,15-16,24H,4,11-14H2,1-3H3/p+1. The molecule has 0 aliphatic heterocycles. The molecule has 25 heavy (non-hydrogen) atoms. The molecular formula is C21H29N2OS+. The van der Waals surface area contributed by atoms with Crippen molar-refractivity contribution in [2.24, 2.45) is 0 Å². The highest BCUT2D eigenvalue weighted by Crippen LogP contribution is 2.23. The fourth-order valence-corrected chi connectivity index (χ4v) is 3.14. The predicted octanol–water partition coefficient (Wildman–Crippen LogP) is 3.59. The molecule has 3 nitrogen and oxygen atoms in total. The number of anilines is 1. The highest BCUT2D eigenvalue weighted by molar-refractivity contribution is 7.80. The molecule has 2 aromatic rings. The number of nitrogens with zero attached hydrogens (tertiary/aromatic N) is 2. The topological polar surface area (TPSA) is 27.3 Å². The Balaban J connectivity index is 2.21. The van der Waals surface area contributed by atoms with Crippen molar-refractivity contribution in [2.75, 3.05) is 30.3 Å². The fourth-order valence-electron chi connectivity index (χ4n) is 2.91. The van der Waals surface area contributed by atoms with Crippen LogP contribution in [-0.4, -0.2) is 30.6 Å². The summed E-state index contributed by atoms with van der Waals surface area (Å²) in [6.07, 6.45) is 6.44. The summed E-state index contributed by atoms with van der Waals surface area (Å²) in [6, 6.07) is 10.8. The summed E-state index contributed by atoms with van der Waals surface area (Å²) in [5.74, 6) is 0.843. The van der Waals surface area contributed by atoms with Gasteiger partial charge >= 0.3 is 0 Å². The van der Waals surface area contributed by atoms with Gasteiger partial charge in [0.05, 0.1) is 6.61 Å². The minimum atomic E-state index is 0.175. The summed E-state index contributed by atoms with van der Waals surface area (Å²) >= 11 is 4.27. The quantitative estimate of drug-likeness (QED) is 0.558. The average molecular weight is 358 g/mol. The van der Waals surface area contributed by atoms with Crippen LogP contribution in [0, 0.1) is 6.92 Å². The number of likely N-dealkylation sites (N-methyl/N-ethyl adjacent to an activating group) is 1. The molecule has 2 rings (SSSR count). The first kappa shape index (κ1) is 19.5. The maximum atomic E-state index is 9.19. The van der Waals surface area contributed by atoms with Crippen LogP contribution in [0.25, 0.3) is 11.6 Å². The van der Waals surface area contributed by atoms with Gasteiger partial charge in [0, 0.05) is 36.7 Å². The number of hydrogen-bond donors (Lipinski definition) is 2. The maximum Gasteiger partial charge on any atom is 0.169 e. The molecule has 134 valence electrons. The van der Waals surface area contributed by atoms with Gasteiger partial charge in [0.25, 0.3) is 0 Å². The summed E-state index contributed by atoms with van der Waals surface area (Å²) in [5.41, 5.74) is 6.12. The van der Waals surface area contributed by atoms with Crippen LogP contribution in [0.2, 0.25) is 0 Å². The lowest BCUT2D eigenvalue weighted by atomic mass is 10.0. The third-order valence-corrected chi connectivity index (χ3v) is 4.65. The van der Waals surface area contributed by atoms with Crippen molar-refractivity contribution in [3.63, 3.8) is 0 Å². The van der Waals surface area contributed by atoms with Crippen LogP contribution in [0.4, 0.5) is 5.69 Å². The van der Waals surface area contributed by atoms with Gasteiger partial charge in [-0.05, 0) is 55.2 Å². The zero-order chi connectivity index (χ0) is 18.2. The van der Waals surface area contributed by atoms with Crippen LogP contribution < -0.4 is 9.47 Å². The molecule has 0 aliphatic rings. The van der Waals surface area contributed by atoms with E-state index in [9.17, 15) is 5.11 Å². The molecule has 4 heteroatoms. The Morgan fingerprint density at radius 2 is 1.96 bits per heavy atom. The lowest BCUT2D eigenvalue weighted by Crippen LogP contribution is -2.33. The van der Waals surface area contributed by atoms with Gasteiger partial charge in [-0.3, -0.25) is 0 Å². The number of aliphatic hydroxyl groups excluding tert-OH is 1. The summed E-state index contributed by atoms with van der Waals surface area (Å²) in [6.45, 7) is 9.06. The smallest absolute Gasteiger partial charge is 0.169 e. The highest BCUT2D eigenvalue weighted by Gasteiger charge is 2.06. The van der Waals surface area contributed by atoms with Crippen molar-refractivity contribution in [2.45, 2.75) is 27.3 Å². The van der Waals surface area contributed by atoms with Crippen LogP contribution in [-0.2, 0) is 6.54 Å². The van der Waals surface area contributed by atoms with Gasteiger partial charge in [-0.2, -0.15) is 12.6 Å². The number of aliphatic hydroxyl groups is 1. The second kappa shape index (κ2) is 9.64. The van der Waals surface area contributed by atoms with Crippen LogP contribution in [0.5, 0.6) is 0 Å². The van der Waals surface area contributed by atoms with E-state index in [2.05, 4.69) is 91.7 Å². The molecule has 0 radical (unpaired) electrons. The molecule has 0 fully saturated rings. The molecule has 1 aromatic carbocycles. The number of aryl methyl sites for hydroxylation is 2. The van der Waals surface area contributed by atoms with Gasteiger partial charge in [0.15, 0.2) is 18.9 Å². The zero-order valence-corrected chi connectivity index (χ0v) is 16.3. The van der Waals surface area contributed by atoms with Crippen LogP contribution in [0.3, 0.4) is 0 Å². The highest BCUT2D eigenvalue weighted by atomic mass is 32.1. The third-order valence-electron chi connectivity index (χ3n) is 4.45. The number of hydrogen-bond acceptors (Lipinski definition) is 3. The lowest BCUT2D eigenvalue weighted by molar-refractivity contribution is -0.692. The van der Waals surface area contributed by atoms with E-state index in [0.717, 1.165) is 24.5 Å². The van der Waals surface area contributed by atoms with Crippen molar-refractivity contribution in [3.05, 3.63) is 59.4 Å². The van der Waals surface area contributed by atoms with Gasteiger partial charge < -0.3 is 10.0 Å². The first-order valence-electron chi connectivity index (χ1n) is 8.84. The molecule has 1 N–H and O–H groups in total. The van der Waals surface area contributed by atoms with E-state index in [-0.39, 0.29) is 6.61 Å². The van der Waals surface area contributed by atoms with E-state index < -0.39 is 0 Å². The molecule has 0 unspecified atom stereocenters. The van der Waals surface area contributed by atoms with Crippen molar-refractivity contribution in [1.29, 1.82) is 0 Å².